The van der Waals surface area contributed by atoms with Crippen LogP contribution >= 0.6 is 11.8 Å². The summed E-state index contributed by atoms with van der Waals surface area (Å²) in [6, 6.07) is 16.1. The summed E-state index contributed by atoms with van der Waals surface area (Å²) in [5, 5.41) is 26.8. The zero-order valence-corrected chi connectivity index (χ0v) is 16.6. The Hall–Kier alpha value is -3.79. The topological polar surface area (TPSA) is 121 Å². The number of nitrogens with zero attached hydrogens (tertiary/aromatic N) is 4. The molecule has 0 fully saturated rings. The van der Waals surface area contributed by atoms with Crippen molar-refractivity contribution in [2.75, 3.05) is 0 Å². The highest BCUT2D eigenvalue weighted by Gasteiger charge is 2.17. The van der Waals surface area contributed by atoms with Gasteiger partial charge in [-0.2, -0.15) is 0 Å². The van der Waals surface area contributed by atoms with Gasteiger partial charge in [-0.05, 0) is 42.8 Å². The standard InChI is InChI=1S/C20H16N4O5S/c1-14(22-29-13-15-5-8-17(9-6-15)23(25)26)16-7-10-19(18(12-16)24(27)28)30-20-4-2-3-11-21-20/h2-12H,13H2,1H3/b22-14+. The van der Waals surface area contributed by atoms with Gasteiger partial charge in [0.05, 0.1) is 20.5 Å². The van der Waals surface area contributed by atoms with E-state index >= 15 is 0 Å². The van der Waals surface area contributed by atoms with Crippen molar-refractivity contribution >= 4 is 28.8 Å². The van der Waals surface area contributed by atoms with E-state index < -0.39 is 9.85 Å². The van der Waals surface area contributed by atoms with Crippen LogP contribution in [0.25, 0.3) is 0 Å². The zero-order chi connectivity index (χ0) is 21.5. The number of nitro groups is 2. The lowest BCUT2D eigenvalue weighted by atomic mass is 10.1. The minimum atomic E-state index is -0.477. The van der Waals surface area contributed by atoms with Gasteiger partial charge in [-0.1, -0.05) is 29.1 Å². The Bertz CT molecular complexity index is 1090. The molecule has 0 aliphatic rings. The van der Waals surface area contributed by atoms with Gasteiger partial charge in [-0.15, -0.1) is 0 Å². The first kappa shape index (κ1) is 20.9. The number of rotatable bonds is 8. The molecule has 0 aliphatic carbocycles. The number of oxime groups is 1. The van der Waals surface area contributed by atoms with E-state index in [-0.39, 0.29) is 18.0 Å². The van der Waals surface area contributed by atoms with Crippen LogP contribution in [0.1, 0.15) is 18.1 Å². The second-order valence-corrected chi connectivity index (χ2v) is 7.15. The third-order valence-electron chi connectivity index (χ3n) is 4.01. The summed E-state index contributed by atoms with van der Waals surface area (Å²) >= 11 is 1.21. The van der Waals surface area contributed by atoms with E-state index in [2.05, 4.69) is 10.1 Å². The van der Waals surface area contributed by atoms with Crippen LogP contribution in [0, 0.1) is 20.2 Å². The molecule has 0 saturated carbocycles. The first-order valence-electron chi connectivity index (χ1n) is 8.71. The summed E-state index contributed by atoms with van der Waals surface area (Å²) in [5.74, 6) is 0. The summed E-state index contributed by atoms with van der Waals surface area (Å²) < 4.78 is 0. The fourth-order valence-electron chi connectivity index (χ4n) is 2.46. The highest BCUT2D eigenvalue weighted by molar-refractivity contribution is 7.99. The fraction of sp³-hybridized carbons (Fsp3) is 0.100. The van der Waals surface area contributed by atoms with Gasteiger partial charge >= 0.3 is 0 Å². The maximum absolute atomic E-state index is 11.5. The quantitative estimate of drug-likeness (QED) is 0.284. The van der Waals surface area contributed by atoms with Gasteiger partial charge in [-0.25, -0.2) is 4.98 Å². The third kappa shape index (κ3) is 5.39. The first-order chi connectivity index (χ1) is 14.4. The molecule has 3 aromatic rings. The number of aromatic nitrogens is 1. The van der Waals surface area contributed by atoms with Gasteiger partial charge in [0.2, 0.25) is 0 Å². The highest BCUT2D eigenvalue weighted by Crippen LogP contribution is 2.34. The predicted octanol–water partition coefficient (Wildman–Crippen LogP) is 4.99. The van der Waals surface area contributed by atoms with Crippen LogP contribution in [0.5, 0.6) is 0 Å². The van der Waals surface area contributed by atoms with E-state index in [9.17, 15) is 20.2 Å². The zero-order valence-electron chi connectivity index (χ0n) is 15.8. The van der Waals surface area contributed by atoms with Crippen molar-refractivity contribution in [1.82, 2.24) is 4.98 Å². The van der Waals surface area contributed by atoms with Crippen LogP contribution in [0.4, 0.5) is 11.4 Å². The van der Waals surface area contributed by atoms with Crippen LogP contribution in [-0.2, 0) is 11.4 Å². The second-order valence-electron chi connectivity index (χ2n) is 6.08. The molecular weight excluding hydrogens is 408 g/mol. The molecule has 0 unspecified atom stereocenters. The largest absolute Gasteiger partial charge is 0.391 e. The number of benzene rings is 2. The van der Waals surface area contributed by atoms with Gasteiger partial charge < -0.3 is 4.84 Å². The number of hydrogen-bond acceptors (Lipinski definition) is 8. The van der Waals surface area contributed by atoms with Crippen LogP contribution in [-0.4, -0.2) is 20.5 Å². The van der Waals surface area contributed by atoms with Crippen molar-refractivity contribution in [1.29, 1.82) is 0 Å². The van der Waals surface area contributed by atoms with E-state index in [0.717, 1.165) is 0 Å². The molecule has 0 atom stereocenters. The monoisotopic (exact) mass is 424 g/mol. The Morgan fingerprint density at radius 2 is 1.83 bits per heavy atom. The molecule has 30 heavy (non-hydrogen) atoms. The first-order valence-corrected chi connectivity index (χ1v) is 9.53. The molecule has 0 radical (unpaired) electrons. The molecule has 0 N–H and O–H groups in total. The summed E-state index contributed by atoms with van der Waals surface area (Å²) in [5.41, 5.74) is 1.68. The third-order valence-corrected chi connectivity index (χ3v) is 5.02. The van der Waals surface area contributed by atoms with E-state index in [0.29, 0.717) is 26.8 Å². The molecule has 1 heterocycles. The average Bonchev–Trinajstić information content (AvgIpc) is 2.75. The summed E-state index contributed by atoms with van der Waals surface area (Å²) in [4.78, 5) is 31.2. The summed E-state index contributed by atoms with van der Waals surface area (Å²) in [7, 11) is 0. The number of non-ortho nitro benzene ring substituents is 1. The normalized spacial score (nSPS) is 11.2. The molecule has 0 spiro atoms. The number of hydrogen-bond donors (Lipinski definition) is 0. The van der Waals surface area contributed by atoms with Gasteiger partial charge in [0.25, 0.3) is 11.4 Å². The van der Waals surface area contributed by atoms with Gasteiger partial charge in [-0.3, -0.25) is 20.2 Å². The second kappa shape index (κ2) is 9.61. The predicted molar refractivity (Wildman–Crippen MR) is 112 cm³/mol. The van der Waals surface area contributed by atoms with E-state index in [4.69, 9.17) is 4.84 Å². The molecule has 0 amide bonds. The lowest BCUT2D eigenvalue weighted by Crippen LogP contribution is -2.00. The minimum Gasteiger partial charge on any atom is -0.391 e. The van der Waals surface area contributed by atoms with Crippen LogP contribution in [0.2, 0.25) is 0 Å². The Morgan fingerprint density at radius 1 is 1.07 bits per heavy atom. The minimum absolute atomic E-state index is 0.00518. The molecule has 9 nitrogen and oxygen atoms in total. The molecule has 10 heteroatoms. The summed E-state index contributed by atoms with van der Waals surface area (Å²) in [6.45, 7) is 1.80. The van der Waals surface area contributed by atoms with Gasteiger partial charge in [0.15, 0.2) is 0 Å². The van der Waals surface area contributed by atoms with Gasteiger partial charge in [0, 0.05) is 30.0 Å². The van der Waals surface area contributed by atoms with Crippen LogP contribution < -0.4 is 0 Å². The van der Waals surface area contributed by atoms with E-state index in [1.54, 1.807) is 49.5 Å². The lowest BCUT2D eigenvalue weighted by Gasteiger charge is -2.06. The molecular formula is C20H16N4O5S. The van der Waals surface area contributed by atoms with Crippen molar-refractivity contribution < 1.29 is 14.7 Å². The molecule has 0 saturated heterocycles. The van der Waals surface area contributed by atoms with Crippen molar-refractivity contribution in [3.8, 4) is 0 Å². The van der Waals surface area contributed by atoms with Gasteiger partial charge in [0.1, 0.15) is 11.6 Å². The smallest absolute Gasteiger partial charge is 0.283 e. The van der Waals surface area contributed by atoms with Crippen molar-refractivity contribution in [2.45, 2.75) is 23.5 Å². The Morgan fingerprint density at radius 3 is 2.47 bits per heavy atom. The maximum atomic E-state index is 11.5. The summed E-state index contributed by atoms with van der Waals surface area (Å²) in [6.07, 6.45) is 1.63. The molecule has 152 valence electrons. The molecule has 0 bridgehead atoms. The van der Waals surface area contributed by atoms with Crippen molar-refractivity contribution in [3.63, 3.8) is 0 Å². The molecule has 3 rings (SSSR count). The fourth-order valence-corrected chi connectivity index (χ4v) is 3.32. The Balaban J connectivity index is 1.71. The Kier molecular flexibility index (Phi) is 6.71. The van der Waals surface area contributed by atoms with E-state index in [1.165, 1.54) is 30.0 Å². The van der Waals surface area contributed by atoms with Crippen LogP contribution in [0.15, 0.2) is 81.9 Å². The molecule has 1 aromatic heterocycles. The SMILES string of the molecule is C/C(=N\OCc1ccc([N+](=O)[O-])cc1)c1ccc(Sc2ccccn2)c([N+](=O)[O-])c1. The average molecular weight is 424 g/mol. The van der Waals surface area contributed by atoms with E-state index in [1.807, 2.05) is 6.07 Å². The Labute approximate surface area is 175 Å². The van der Waals surface area contributed by atoms with Crippen LogP contribution in [0.3, 0.4) is 0 Å². The lowest BCUT2D eigenvalue weighted by molar-refractivity contribution is -0.387. The highest BCUT2D eigenvalue weighted by atomic mass is 32.2. The number of pyridine rings is 1. The molecule has 0 aliphatic heterocycles. The number of nitro benzene ring substituents is 2. The maximum Gasteiger partial charge on any atom is 0.283 e. The van der Waals surface area contributed by atoms with Crippen molar-refractivity contribution in [2.24, 2.45) is 5.16 Å². The molecule has 2 aromatic carbocycles. The van der Waals surface area contributed by atoms with Crippen molar-refractivity contribution in [3.05, 3.63) is 98.2 Å².